The van der Waals surface area contributed by atoms with Gasteiger partial charge in [0.15, 0.2) is 0 Å². The molecule has 0 saturated carbocycles. The summed E-state index contributed by atoms with van der Waals surface area (Å²) in [6, 6.07) is 0.111. The lowest BCUT2D eigenvalue weighted by Gasteiger charge is -2.36. The first-order chi connectivity index (χ1) is 8.78. The van der Waals surface area contributed by atoms with Crippen LogP contribution in [0.3, 0.4) is 0 Å². The third-order valence-electron chi connectivity index (χ3n) is 4.04. The summed E-state index contributed by atoms with van der Waals surface area (Å²) in [6.45, 7) is 11.2. The van der Waals surface area contributed by atoms with Crippen molar-refractivity contribution in [3.8, 4) is 0 Å². The molecule has 2 atom stereocenters. The Morgan fingerprint density at radius 2 is 2.05 bits per heavy atom. The Kier molecular flexibility index (Phi) is 5.39. The zero-order valence-corrected chi connectivity index (χ0v) is 13.0. The standard InChI is InChI=1S/C15H28N2O2/c1-6-12(3)16-13(18)15(4,5)14(19)17-9-7-8-11(2)10-17/h11-12H,6-10H2,1-5H3,(H,16,18). The van der Waals surface area contributed by atoms with Crippen LogP contribution in [0.15, 0.2) is 0 Å². The maximum absolute atomic E-state index is 12.5. The number of piperidine rings is 1. The minimum absolute atomic E-state index is 0.0418. The fourth-order valence-electron chi connectivity index (χ4n) is 2.37. The van der Waals surface area contributed by atoms with Crippen LogP contribution >= 0.6 is 0 Å². The van der Waals surface area contributed by atoms with Crippen molar-refractivity contribution in [1.82, 2.24) is 10.2 Å². The molecule has 1 aliphatic rings. The van der Waals surface area contributed by atoms with Gasteiger partial charge in [0.1, 0.15) is 5.41 Å². The zero-order valence-electron chi connectivity index (χ0n) is 13.0. The molecule has 0 aliphatic carbocycles. The van der Waals surface area contributed by atoms with Crippen molar-refractivity contribution in [2.24, 2.45) is 11.3 Å². The zero-order chi connectivity index (χ0) is 14.6. The quantitative estimate of drug-likeness (QED) is 0.795. The number of rotatable bonds is 4. The molecular weight excluding hydrogens is 240 g/mol. The van der Waals surface area contributed by atoms with E-state index in [9.17, 15) is 9.59 Å². The summed E-state index contributed by atoms with van der Waals surface area (Å²) < 4.78 is 0. The molecule has 1 aliphatic heterocycles. The lowest BCUT2D eigenvalue weighted by Crippen LogP contribution is -2.53. The molecular formula is C15H28N2O2. The summed E-state index contributed by atoms with van der Waals surface area (Å²) in [5.41, 5.74) is -0.972. The van der Waals surface area contributed by atoms with Gasteiger partial charge < -0.3 is 10.2 Å². The van der Waals surface area contributed by atoms with Crippen molar-refractivity contribution in [2.45, 2.75) is 59.9 Å². The summed E-state index contributed by atoms with van der Waals surface area (Å²) >= 11 is 0. The molecule has 0 bridgehead atoms. The molecule has 19 heavy (non-hydrogen) atoms. The average molecular weight is 268 g/mol. The fourth-order valence-corrected chi connectivity index (χ4v) is 2.37. The van der Waals surface area contributed by atoms with Crippen molar-refractivity contribution in [1.29, 1.82) is 0 Å². The molecule has 0 aromatic heterocycles. The normalized spacial score (nSPS) is 21.9. The van der Waals surface area contributed by atoms with E-state index in [1.807, 2.05) is 18.7 Å². The van der Waals surface area contributed by atoms with Crippen molar-refractivity contribution in [3.63, 3.8) is 0 Å². The highest BCUT2D eigenvalue weighted by Gasteiger charge is 2.40. The van der Waals surface area contributed by atoms with E-state index in [0.29, 0.717) is 5.92 Å². The molecule has 0 radical (unpaired) electrons. The van der Waals surface area contributed by atoms with Crippen molar-refractivity contribution in [2.75, 3.05) is 13.1 Å². The summed E-state index contributed by atoms with van der Waals surface area (Å²) in [5, 5.41) is 2.91. The minimum atomic E-state index is -0.972. The second kappa shape index (κ2) is 6.40. The molecule has 1 heterocycles. The number of amides is 2. The van der Waals surface area contributed by atoms with Gasteiger partial charge in [0.25, 0.3) is 0 Å². The van der Waals surface area contributed by atoms with Crippen LogP contribution < -0.4 is 5.32 Å². The molecule has 1 fully saturated rings. The van der Waals surface area contributed by atoms with E-state index in [-0.39, 0.29) is 17.9 Å². The Morgan fingerprint density at radius 3 is 2.58 bits per heavy atom. The van der Waals surface area contributed by atoms with Gasteiger partial charge in [0.2, 0.25) is 11.8 Å². The van der Waals surface area contributed by atoms with Crippen LogP contribution in [0.2, 0.25) is 0 Å². The van der Waals surface area contributed by atoms with Crippen molar-refractivity contribution < 1.29 is 9.59 Å². The van der Waals surface area contributed by atoms with Gasteiger partial charge in [-0.3, -0.25) is 9.59 Å². The van der Waals surface area contributed by atoms with Crippen LogP contribution in [-0.4, -0.2) is 35.8 Å². The maximum Gasteiger partial charge on any atom is 0.237 e. The number of hydrogen-bond donors (Lipinski definition) is 1. The number of likely N-dealkylation sites (tertiary alicyclic amines) is 1. The van der Waals surface area contributed by atoms with E-state index in [4.69, 9.17) is 0 Å². The monoisotopic (exact) mass is 268 g/mol. The highest BCUT2D eigenvalue weighted by atomic mass is 16.2. The van der Waals surface area contributed by atoms with Crippen LogP contribution in [-0.2, 0) is 9.59 Å². The third kappa shape index (κ3) is 3.95. The van der Waals surface area contributed by atoms with E-state index in [0.717, 1.165) is 25.9 Å². The second-order valence-corrected chi connectivity index (χ2v) is 6.41. The third-order valence-corrected chi connectivity index (χ3v) is 4.04. The highest BCUT2D eigenvalue weighted by Crippen LogP contribution is 2.24. The maximum atomic E-state index is 12.5. The molecule has 0 aromatic carbocycles. The molecule has 2 unspecified atom stereocenters. The van der Waals surface area contributed by atoms with Crippen LogP contribution in [0.1, 0.15) is 53.9 Å². The predicted molar refractivity (Wildman–Crippen MR) is 76.7 cm³/mol. The van der Waals surface area contributed by atoms with E-state index >= 15 is 0 Å². The number of carbonyl (C=O) groups excluding carboxylic acids is 2. The molecule has 1 rings (SSSR count). The van der Waals surface area contributed by atoms with E-state index in [1.165, 1.54) is 6.42 Å². The highest BCUT2D eigenvalue weighted by molar-refractivity contribution is 6.04. The topological polar surface area (TPSA) is 49.4 Å². The lowest BCUT2D eigenvalue weighted by atomic mass is 9.88. The van der Waals surface area contributed by atoms with Gasteiger partial charge in [-0.15, -0.1) is 0 Å². The fraction of sp³-hybridized carbons (Fsp3) is 0.867. The van der Waals surface area contributed by atoms with Crippen molar-refractivity contribution in [3.05, 3.63) is 0 Å². The van der Waals surface area contributed by atoms with E-state index in [1.54, 1.807) is 13.8 Å². The van der Waals surface area contributed by atoms with Gasteiger partial charge >= 0.3 is 0 Å². The molecule has 1 saturated heterocycles. The molecule has 4 heteroatoms. The molecule has 2 amide bonds. The van der Waals surface area contributed by atoms with Crippen molar-refractivity contribution >= 4 is 11.8 Å². The van der Waals surface area contributed by atoms with Gasteiger partial charge in [-0.25, -0.2) is 0 Å². The Hall–Kier alpha value is -1.06. The summed E-state index contributed by atoms with van der Waals surface area (Å²) in [5.74, 6) is 0.330. The lowest BCUT2D eigenvalue weighted by molar-refractivity contribution is -0.150. The van der Waals surface area contributed by atoms with Crippen LogP contribution in [0.25, 0.3) is 0 Å². The molecule has 110 valence electrons. The molecule has 0 spiro atoms. The average Bonchev–Trinajstić information content (AvgIpc) is 2.37. The first kappa shape index (κ1) is 16.0. The minimum Gasteiger partial charge on any atom is -0.353 e. The Morgan fingerprint density at radius 1 is 1.42 bits per heavy atom. The number of nitrogens with one attached hydrogen (secondary N) is 1. The number of hydrogen-bond acceptors (Lipinski definition) is 2. The van der Waals surface area contributed by atoms with Gasteiger partial charge in [0, 0.05) is 19.1 Å². The predicted octanol–water partition coefficient (Wildman–Crippen LogP) is 2.19. The van der Waals surface area contributed by atoms with E-state index in [2.05, 4.69) is 12.2 Å². The Bertz CT molecular complexity index is 339. The summed E-state index contributed by atoms with van der Waals surface area (Å²) in [7, 11) is 0. The second-order valence-electron chi connectivity index (χ2n) is 6.41. The van der Waals surface area contributed by atoms with Gasteiger partial charge in [-0.05, 0) is 46.0 Å². The Labute approximate surface area is 116 Å². The summed E-state index contributed by atoms with van der Waals surface area (Å²) in [4.78, 5) is 26.6. The number of nitrogens with zero attached hydrogens (tertiary/aromatic N) is 1. The van der Waals surface area contributed by atoms with Crippen LogP contribution in [0.4, 0.5) is 0 Å². The first-order valence-corrected chi connectivity index (χ1v) is 7.39. The smallest absolute Gasteiger partial charge is 0.237 e. The van der Waals surface area contributed by atoms with E-state index < -0.39 is 5.41 Å². The Balaban J connectivity index is 2.69. The van der Waals surface area contributed by atoms with Gasteiger partial charge in [-0.1, -0.05) is 13.8 Å². The molecule has 0 aromatic rings. The number of carbonyl (C=O) groups is 2. The first-order valence-electron chi connectivity index (χ1n) is 7.39. The van der Waals surface area contributed by atoms with Crippen LogP contribution in [0.5, 0.6) is 0 Å². The SMILES string of the molecule is CCC(C)NC(=O)C(C)(C)C(=O)N1CCCC(C)C1. The largest absolute Gasteiger partial charge is 0.353 e. The molecule has 1 N–H and O–H groups in total. The van der Waals surface area contributed by atoms with Gasteiger partial charge in [0.05, 0.1) is 0 Å². The molecule has 4 nitrogen and oxygen atoms in total. The summed E-state index contributed by atoms with van der Waals surface area (Å²) in [6.07, 6.45) is 3.08. The van der Waals surface area contributed by atoms with Gasteiger partial charge in [-0.2, -0.15) is 0 Å². The van der Waals surface area contributed by atoms with Crippen LogP contribution in [0, 0.1) is 11.3 Å².